The lowest BCUT2D eigenvalue weighted by atomic mass is 9.91. The third-order valence-corrected chi connectivity index (χ3v) is 2.58. The van der Waals surface area contributed by atoms with Gasteiger partial charge in [0.1, 0.15) is 5.76 Å². The molecule has 0 unspecified atom stereocenters. The number of hydrogen-bond acceptors (Lipinski definition) is 3. The van der Waals surface area contributed by atoms with E-state index in [1.54, 1.807) is 0 Å². The second-order valence-corrected chi connectivity index (χ2v) is 4.94. The summed E-state index contributed by atoms with van der Waals surface area (Å²) in [6, 6.07) is 0. The number of aromatic nitrogens is 1. The van der Waals surface area contributed by atoms with Crippen LogP contribution < -0.4 is 5.56 Å². The van der Waals surface area contributed by atoms with Gasteiger partial charge in [-0.05, 0) is 0 Å². The van der Waals surface area contributed by atoms with Crippen LogP contribution >= 0.6 is 15.9 Å². The lowest BCUT2D eigenvalue weighted by molar-refractivity contribution is 0.0509. The summed E-state index contributed by atoms with van der Waals surface area (Å²) in [4.78, 5) is 11.8. The highest BCUT2D eigenvalue weighted by Crippen LogP contribution is 2.25. The van der Waals surface area contributed by atoms with E-state index < -0.39 is 0 Å². The van der Waals surface area contributed by atoms with Crippen LogP contribution in [0, 0.1) is 0 Å². The number of ether oxygens (including phenoxy) is 1. The van der Waals surface area contributed by atoms with Gasteiger partial charge in [-0.3, -0.25) is 4.79 Å². The van der Waals surface area contributed by atoms with Gasteiger partial charge in [0.25, 0.3) is 5.56 Å². The molecule has 0 fully saturated rings. The van der Waals surface area contributed by atoms with Gasteiger partial charge in [0.2, 0.25) is 0 Å². The number of nitrogens with zero attached hydrogens (tertiary/aromatic N) is 1. The largest absolute Gasteiger partial charge is 0.378 e. The van der Waals surface area contributed by atoms with E-state index in [0.717, 1.165) is 0 Å². The molecule has 0 aliphatic heterocycles. The Morgan fingerprint density at radius 3 is 2.40 bits per heavy atom. The first-order valence-electron chi connectivity index (χ1n) is 4.70. The highest BCUT2D eigenvalue weighted by Gasteiger charge is 2.26. The van der Waals surface area contributed by atoms with Gasteiger partial charge < -0.3 is 9.26 Å². The van der Waals surface area contributed by atoms with Gasteiger partial charge in [-0.2, -0.15) is 0 Å². The Hall–Kier alpha value is -0.550. The maximum Gasteiger partial charge on any atom is 0.289 e. The molecule has 15 heavy (non-hydrogen) atoms. The topological polar surface area (TPSA) is 44.4 Å². The number of halogens is 1. The molecular formula is C10H16BrNO3. The summed E-state index contributed by atoms with van der Waals surface area (Å²) in [5, 5.41) is 0.499. The van der Waals surface area contributed by atoms with Gasteiger partial charge in [-0.1, -0.05) is 36.7 Å². The molecule has 86 valence electrons. The number of alkyl halides is 1. The maximum absolute atomic E-state index is 11.8. The van der Waals surface area contributed by atoms with Crippen LogP contribution in [0.5, 0.6) is 0 Å². The van der Waals surface area contributed by atoms with Crippen molar-refractivity contribution in [2.75, 3.05) is 7.11 Å². The summed E-state index contributed by atoms with van der Waals surface area (Å²) in [7, 11) is 1.53. The maximum atomic E-state index is 11.8. The molecule has 0 aromatic carbocycles. The summed E-state index contributed by atoms with van der Waals surface area (Å²) in [6.45, 7) is 6.17. The summed E-state index contributed by atoms with van der Waals surface area (Å²) >= 11 is 3.30. The first-order chi connectivity index (χ1) is 6.91. The molecule has 4 nitrogen and oxygen atoms in total. The molecule has 0 spiro atoms. The lowest BCUT2D eigenvalue weighted by Gasteiger charge is -2.15. The van der Waals surface area contributed by atoms with E-state index in [9.17, 15) is 4.79 Å². The summed E-state index contributed by atoms with van der Waals surface area (Å²) in [6.07, 6.45) is 0. The van der Waals surface area contributed by atoms with E-state index in [-0.39, 0.29) is 17.7 Å². The molecule has 0 radical (unpaired) electrons. The highest BCUT2D eigenvalue weighted by atomic mass is 79.9. The predicted molar refractivity (Wildman–Crippen MR) is 61.3 cm³/mol. The van der Waals surface area contributed by atoms with Crippen molar-refractivity contribution in [2.45, 2.75) is 38.2 Å². The fourth-order valence-electron chi connectivity index (χ4n) is 1.36. The zero-order valence-electron chi connectivity index (χ0n) is 9.46. The Kier molecular flexibility index (Phi) is 3.78. The highest BCUT2D eigenvalue weighted by molar-refractivity contribution is 9.08. The van der Waals surface area contributed by atoms with E-state index in [2.05, 4.69) is 15.9 Å². The Morgan fingerprint density at radius 1 is 1.47 bits per heavy atom. The Balaban J connectivity index is 3.28. The lowest BCUT2D eigenvalue weighted by Crippen LogP contribution is -2.18. The van der Waals surface area contributed by atoms with Crippen LogP contribution in [-0.4, -0.2) is 11.8 Å². The van der Waals surface area contributed by atoms with Crippen LogP contribution in [0.25, 0.3) is 0 Å². The minimum absolute atomic E-state index is 0.126. The fourth-order valence-corrected chi connectivity index (χ4v) is 1.86. The van der Waals surface area contributed by atoms with Crippen molar-refractivity contribution < 1.29 is 9.26 Å². The minimum Gasteiger partial charge on any atom is -0.378 e. The van der Waals surface area contributed by atoms with E-state index in [1.807, 2.05) is 20.8 Å². The second-order valence-electron chi connectivity index (χ2n) is 4.38. The van der Waals surface area contributed by atoms with Crippen molar-refractivity contribution in [3.8, 4) is 0 Å². The quantitative estimate of drug-likeness (QED) is 0.796. The van der Waals surface area contributed by atoms with E-state index in [1.165, 1.54) is 11.8 Å². The van der Waals surface area contributed by atoms with E-state index in [0.29, 0.717) is 16.7 Å². The second kappa shape index (κ2) is 4.53. The molecule has 0 saturated heterocycles. The zero-order chi connectivity index (χ0) is 11.6. The molecular weight excluding hydrogens is 262 g/mol. The van der Waals surface area contributed by atoms with E-state index in [4.69, 9.17) is 9.26 Å². The molecule has 1 aromatic rings. The van der Waals surface area contributed by atoms with Crippen molar-refractivity contribution in [3.05, 3.63) is 21.7 Å². The van der Waals surface area contributed by atoms with Crippen molar-refractivity contribution in [1.82, 2.24) is 4.74 Å². The van der Waals surface area contributed by atoms with Gasteiger partial charge in [-0.15, -0.1) is 4.74 Å². The summed E-state index contributed by atoms with van der Waals surface area (Å²) in [5.41, 5.74) is 0.361. The van der Waals surface area contributed by atoms with Gasteiger partial charge in [0.15, 0.2) is 6.73 Å². The normalized spacial score (nSPS) is 12.1. The van der Waals surface area contributed by atoms with Gasteiger partial charge >= 0.3 is 0 Å². The average molecular weight is 278 g/mol. The Labute approximate surface area is 97.3 Å². The molecule has 1 heterocycles. The SMILES string of the molecule is COCn1oc(C(C)(C)C)c(CBr)c1=O. The third-order valence-electron chi connectivity index (χ3n) is 2.02. The summed E-state index contributed by atoms with van der Waals surface area (Å²) < 4.78 is 11.6. The monoisotopic (exact) mass is 277 g/mol. The number of hydrogen-bond donors (Lipinski definition) is 0. The van der Waals surface area contributed by atoms with Crippen molar-refractivity contribution in [1.29, 1.82) is 0 Å². The molecule has 1 rings (SSSR count). The van der Waals surface area contributed by atoms with Gasteiger partial charge in [0, 0.05) is 17.9 Å². The van der Waals surface area contributed by atoms with Crippen LogP contribution in [0.15, 0.2) is 9.32 Å². The minimum atomic E-state index is -0.179. The van der Waals surface area contributed by atoms with Crippen molar-refractivity contribution in [3.63, 3.8) is 0 Å². The zero-order valence-corrected chi connectivity index (χ0v) is 11.1. The molecule has 0 aliphatic rings. The number of methoxy groups -OCH3 is 1. The first kappa shape index (κ1) is 12.5. The van der Waals surface area contributed by atoms with Gasteiger partial charge in [-0.25, -0.2) is 0 Å². The van der Waals surface area contributed by atoms with Crippen molar-refractivity contribution in [2.24, 2.45) is 0 Å². The van der Waals surface area contributed by atoms with E-state index >= 15 is 0 Å². The van der Waals surface area contributed by atoms with Crippen LogP contribution in [0.4, 0.5) is 0 Å². The average Bonchev–Trinajstić information content (AvgIpc) is 2.44. The summed E-state index contributed by atoms with van der Waals surface area (Å²) in [5.74, 6) is 0.710. The molecule has 5 heteroatoms. The molecule has 0 bridgehead atoms. The van der Waals surface area contributed by atoms with Crippen LogP contribution in [-0.2, 0) is 22.2 Å². The third kappa shape index (κ3) is 2.52. The standard InChI is InChI=1S/C10H16BrNO3/c1-10(2,3)8-7(5-11)9(13)12(15-8)6-14-4/h5-6H2,1-4H3. The molecule has 0 atom stereocenters. The first-order valence-corrected chi connectivity index (χ1v) is 5.82. The van der Waals surface area contributed by atoms with Crippen LogP contribution in [0.3, 0.4) is 0 Å². The molecule has 0 amide bonds. The molecule has 1 aromatic heterocycles. The van der Waals surface area contributed by atoms with Crippen LogP contribution in [0.1, 0.15) is 32.1 Å². The molecule has 0 N–H and O–H groups in total. The molecule has 0 aliphatic carbocycles. The Morgan fingerprint density at radius 2 is 2.07 bits per heavy atom. The Bertz CT molecular complexity index is 386. The smallest absolute Gasteiger partial charge is 0.289 e. The predicted octanol–water partition coefficient (Wildman–Crippen LogP) is 2.24. The van der Waals surface area contributed by atoms with Gasteiger partial charge in [0.05, 0.1) is 5.56 Å². The van der Waals surface area contributed by atoms with Crippen LogP contribution in [0.2, 0.25) is 0 Å². The molecule has 0 saturated carbocycles. The van der Waals surface area contributed by atoms with Crippen molar-refractivity contribution >= 4 is 15.9 Å². The number of rotatable bonds is 3. The fraction of sp³-hybridized carbons (Fsp3) is 0.700.